The van der Waals surface area contributed by atoms with Gasteiger partial charge in [-0.25, -0.2) is 4.79 Å². The van der Waals surface area contributed by atoms with Crippen molar-refractivity contribution in [2.24, 2.45) is 0 Å². The number of amides is 5. The predicted molar refractivity (Wildman–Crippen MR) is 118 cm³/mol. The van der Waals surface area contributed by atoms with Crippen molar-refractivity contribution in [3.63, 3.8) is 0 Å². The molecule has 0 spiro atoms. The molecule has 0 radical (unpaired) electrons. The normalized spacial score (nSPS) is 21.7. The van der Waals surface area contributed by atoms with Gasteiger partial charge in [0, 0.05) is 32.6 Å². The van der Waals surface area contributed by atoms with Gasteiger partial charge in [0.2, 0.25) is 11.8 Å². The summed E-state index contributed by atoms with van der Waals surface area (Å²) in [5.74, 6) is -2.11. The Morgan fingerprint density at radius 2 is 1.79 bits per heavy atom. The molecule has 3 aliphatic rings. The first-order valence-electron chi connectivity index (χ1n) is 11.1. The van der Waals surface area contributed by atoms with Gasteiger partial charge in [-0.15, -0.1) is 0 Å². The molecule has 4 rings (SSSR count). The van der Waals surface area contributed by atoms with E-state index in [1.807, 2.05) is 25.7 Å². The second-order valence-electron chi connectivity index (χ2n) is 9.45. The van der Waals surface area contributed by atoms with Crippen molar-refractivity contribution in [3.05, 3.63) is 29.3 Å². The van der Waals surface area contributed by atoms with Crippen molar-refractivity contribution in [3.8, 4) is 0 Å². The molecular formula is C23H28N4O6. The molecule has 10 heteroatoms. The maximum absolute atomic E-state index is 13.3. The summed E-state index contributed by atoms with van der Waals surface area (Å²) in [4.78, 5) is 67.3. The largest absolute Gasteiger partial charge is 0.444 e. The first-order valence-corrected chi connectivity index (χ1v) is 11.1. The zero-order chi connectivity index (χ0) is 23.9. The number of benzene rings is 1. The van der Waals surface area contributed by atoms with Gasteiger partial charge in [0.25, 0.3) is 11.8 Å². The summed E-state index contributed by atoms with van der Waals surface area (Å²) >= 11 is 0. The maximum Gasteiger partial charge on any atom is 0.410 e. The van der Waals surface area contributed by atoms with E-state index >= 15 is 0 Å². The summed E-state index contributed by atoms with van der Waals surface area (Å²) in [5.41, 5.74) is 0.523. The third-order valence-electron chi connectivity index (χ3n) is 5.93. The molecule has 0 aromatic heterocycles. The molecule has 1 unspecified atom stereocenters. The molecule has 0 bridgehead atoms. The highest BCUT2D eigenvalue weighted by atomic mass is 16.6. The second-order valence-corrected chi connectivity index (χ2v) is 9.45. The molecule has 176 valence electrons. The molecule has 1 aromatic rings. The molecule has 3 aliphatic heterocycles. The number of nitrogens with zero attached hydrogens (tertiary/aromatic N) is 3. The zero-order valence-corrected chi connectivity index (χ0v) is 19.1. The average Bonchev–Trinajstić information content (AvgIpc) is 2.89. The van der Waals surface area contributed by atoms with Crippen LogP contribution in [0.4, 0.5) is 10.5 Å². The Labute approximate surface area is 191 Å². The summed E-state index contributed by atoms with van der Waals surface area (Å²) in [6.45, 7) is 7.45. The molecule has 0 saturated carbocycles. The Hall–Kier alpha value is -3.43. The van der Waals surface area contributed by atoms with Crippen LogP contribution in [0, 0.1) is 0 Å². The molecule has 1 aromatic carbocycles. The van der Waals surface area contributed by atoms with Crippen molar-refractivity contribution in [2.45, 2.75) is 51.7 Å². The van der Waals surface area contributed by atoms with Gasteiger partial charge in [-0.3, -0.25) is 29.4 Å². The summed E-state index contributed by atoms with van der Waals surface area (Å²) < 4.78 is 5.48. The lowest BCUT2D eigenvalue weighted by molar-refractivity contribution is -0.136. The van der Waals surface area contributed by atoms with E-state index in [0.29, 0.717) is 38.3 Å². The fourth-order valence-electron chi connectivity index (χ4n) is 4.43. The fourth-order valence-corrected chi connectivity index (χ4v) is 4.43. The van der Waals surface area contributed by atoms with Crippen molar-refractivity contribution >= 4 is 35.4 Å². The average molecular weight is 456 g/mol. The first-order chi connectivity index (χ1) is 15.6. The van der Waals surface area contributed by atoms with Gasteiger partial charge in [0.05, 0.1) is 16.8 Å². The van der Waals surface area contributed by atoms with Crippen LogP contribution in [0.15, 0.2) is 18.2 Å². The third kappa shape index (κ3) is 4.42. The van der Waals surface area contributed by atoms with E-state index < -0.39 is 35.3 Å². The highest BCUT2D eigenvalue weighted by Crippen LogP contribution is 2.34. The number of carbonyl (C=O) groups excluding carboxylic acids is 5. The van der Waals surface area contributed by atoms with Crippen LogP contribution in [0.2, 0.25) is 0 Å². The molecule has 1 atom stereocenters. The Morgan fingerprint density at radius 1 is 1.03 bits per heavy atom. The number of carbonyl (C=O) groups is 5. The maximum atomic E-state index is 13.3. The first kappa shape index (κ1) is 22.8. The second kappa shape index (κ2) is 8.49. The molecule has 3 heterocycles. The Morgan fingerprint density at radius 3 is 2.48 bits per heavy atom. The van der Waals surface area contributed by atoms with Crippen LogP contribution >= 0.6 is 0 Å². The molecule has 1 N–H and O–H groups in total. The van der Waals surface area contributed by atoms with Crippen LogP contribution in [0.5, 0.6) is 0 Å². The number of ether oxygens (including phenoxy) is 1. The summed E-state index contributed by atoms with van der Waals surface area (Å²) in [7, 11) is 0. The lowest BCUT2D eigenvalue weighted by atomic mass is 10.0. The van der Waals surface area contributed by atoms with Crippen LogP contribution in [-0.2, 0) is 14.3 Å². The van der Waals surface area contributed by atoms with Gasteiger partial charge < -0.3 is 14.5 Å². The number of piperidine rings is 1. The van der Waals surface area contributed by atoms with Crippen molar-refractivity contribution in [2.75, 3.05) is 31.1 Å². The monoisotopic (exact) mass is 456 g/mol. The van der Waals surface area contributed by atoms with E-state index in [1.54, 1.807) is 23.1 Å². The quantitative estimate of drug-likeness (QED) is 0.671. The molecule has 10 nitrogen and oxygen atoms in total. The number of hydrogen-bond acceptors (Lipinski definition) is 7. The highest BCUT2D eigenvalue weighted by molar-refractivity contribution is 6.25. The van der Waals surface area contributed by atoms with Crippen LogP contribution in [-0.4, -0.2) is 77.3 Å². The minimum Gasteiger partial charge on any atom is -0.444 e. The Bertz CT molecular complexity index is 1030. The lowest BCUT2D eigenvalue weighted by Gasteiger charge is -2.28. The number of nitrogens with one attached hydrogen (secondary N) is 1. The van der Waals surface area contributed by atoms with E-state index in [4.69, 9.17) is 4.74 Å². The van der Waals surface area contributed by atoms with Gasteiger partial charge in [-0.05, 0) is 45.7 Å². The summed E-state index contributed by atoms with van der Waals surface area (Å²) in [6, 6.07) is 4.07. The van der Waals surface area contributed by atoms with E-state index in [2.05, 4.69) is 5.32 Å². The van der Waals surface area contributed by atoms with E-state index in [0.717, 1.165) is 4.90 Å². The van der Waals surface area contributed by atoms with Gasteiger partial charge in [0.15, 0.2) is 0 Å². The smallest absolute Gasteiger partial charge is 0.410 e. The number of rotatable bonds is 2. The number of fused-ring (bicyclic) bond motifs is 1. The van der Waals surface area contributed by atoms with Gasteiger partial charge >= 0.3 is 6.09 Å². The fraction of sp³-hybridized carbons (Fsp3) is 0.522. The number of anilines is 1. The molecular weight excluding hydrogens is 428 g/mol. The third-order valence-corrected chi connectivity index (χ3v) is 5.93. The molecule has 2 fully saturated rings. The van der Waals surface area contributed by atoms with E-state index in [1.165, 1.54) is 0 Å². The highest BCUT2D eigenvalue weighted by Gasteiger charge is 2.46. The predicted octanol–water partition coefficient (Wildman–Crippen LogP) is 1.53. The standard InChI is InChI=1S/C23H28N4O6/c1-23(2,3)33-22(32)26-11-5-10-25(12-13-26)15-7-4-6-14-18(15)21(31)27(20(14)30)16-8-9-17(28)24-19(16)29/h4,6-7,16H,5,8-13H2,1-3H3,(H,24,28,29). The summed E-state index contributed by atoms with van der Waals surface area (Å²) in [5, 5.41) is 2.21. The topological polar surface area (TPSA) is 116 Å². The molecule has 2 saturated heterocycles. The van der Waals surface area contributed by atoms with Gasteiger partial charge in [-0.1, -0.05) is 6.07 Å². The van der Waals surface area contributed by atoms with Crippen LogP contribution in [0.1, 0.15) is 60.7 Å². The van der Waals surface area contributed by atoms with Crippen LogP contribution in [0.3, 0.4) is 0 Å². The summed E-state index contributed by atoms with van der Waals surface area (Å²) in [6.07, 6.45) is 0.475. The zero-order valence-electron chi connectivity index (χ0n) is 19.1. The minimum absolute atomic E-state index is 0.0727. The van der Waals surface area contributed by atoms with Gasteiger partial charge in [-0.2, -0.15) is 0 Å². The van der Waals surface area contributed by atoms with Crippen molar-refractivity contribution < 1.29 is 28.7 Å². The van der Waals surface area contributed by atoms with Crippen molar-refractivity contribution in [1.82, 2.24) is 15.1 Å². The Kier molecular flexibility index (Phi) is 5.85. The van der Waals surface area contributed by atoms with E-state index in [9.17, 15) is 24.0 Å². The number of hydrogen-bond donors (Lipinski definition) is 1. The molecule has 0 aliphatic carbocycles. The molecule has 33 heavy (non-hydrogen) atoms. The minimum atomic E-state index is -1.00. The van der Waals surface area contributed by atoms with E-state index in [-0.39, 0.29) is 30.1 Å². The molecule has 5 amide bonds. The van der Waals surface area contributed by atoms with Crippen LogP contribution < -0.4 is 10.2 Å². The lowest BCUT2D eigenvalue weighted by Crippen LogP contribution is -2.54. The number of imide groups is 2. The SMILES string of the molecule is CC(C)(C)OC(=O)N1CCCN(c2cccc3c2C(=O)N(C2CCC(=O)NC2=O)C3=O)CC1. The van der Waals surface area contributed by atoms with Crippen LogP contribution in [0.25, 0.3) is 0 Å². The van der Waals surface area contributed by atoms with Crippen molar-refractivity contribution in [1.29, 1.82) is 0 Å². The Balaban J connectivity index is 1.55. The van der Waals surface area contributed by atoms with Gasteiger partial charge in [0.1, 0.15) is 11.6 Å².